The van der Waals surface area contributed by atoms with E-state index in [4.69, 9.17) is 4.98 Å². The van der Waals surface area contributed by atoms with Crippen LogP contribution in [0.2, 0.25) is 0 Å². The van der Waals surface area contributed by atoms with Gasteiger partial charge in [-0.3, -0.25) is 9.78 Å². The van der Waals surface area contributed by atoms with Crippen molar-refractivity contribution < 1.29 is 4.79 Å². The molecule has 1 aromatic heterocycles. The van der Waals surface area contributed by atoms with Crippen LogP contribution in [-0.4, -0.2) is 10.8 Å². The molecule has 1 aromatic rings. The Morgan fingerprint density at radius 2 is 2.00 bits per heavy atom. The molecule has 0 fully saturated rings. The van der Waals surface area contributed by atoms with Crippen LogP contribution in [0, 0.1) is 5.92 Å². The summed E-state index contributed by atoms with van der Waals surface area (Å²) in [4.78, 5) is 17.2. The Balaban J connectivity index is 2.11. The maximum absolute atomic E-state index is 12.4. The molecule has 2 nitrogen and oxygen atoms in total. The van der Waals surface area contributed by atoms with Gasteiger partial charge in [0.1, 0.15) is 0 Å². The highest BCUT2D eigenvalue weighted by Gasteiger charge is 2.31. The fourth-order valence-corrected chi connectivity index (χ4v) is 3.19. The van der Waals surface area contributed by atoms with Crippen molar-refractivity contribution in [3.05, 3.63) is 29.1 Å². The van der Waals surface area contributed by atoms with E-state index < -0.39 is 0 Å². The number of Topliss-reactive ketones (excluding diaryl/α,β-unsaturated/α-hetero) is 1. The summed E-state index contributed by atoms with van der Waals surface area (Å²) in [5.74, 6) is 0.934. The third-order valence-electron chi connectivity index (χ3n) is 4.50. The van der Waals surface area contributed by atoms with Crippen molar-refractivity contribution >= 4 is 5.78 Å². The van der Waals surface area contributed by atoms with E-state index in [1.807, 2.05) is 6.07 Å². The minimum Gasteiger partial charge on any atom is -0.294 e. The van der Waals surface area contributed by atoms with E-state index in [-0.39, 0.29) is 5.92 Å². The van der Waals surface area contributed by atoms with Crippen LogP contribution in [0.3, 0.4) is 0 Å². The Morgan fingerprint density at radius 1 is 1.20 bits per heavy atom. The van der Waals surface area contributed by atoms with Gasteiger partial charge >= 0.3 is 0 Å². The molecular formula is C18H27NO. The predicted molar refractivity (Wildman–Crippen MR) is 83.2 cm³/mol. The van der Waals surface area contributed by atoms with Gasteiger partial charge in [-0.2, -0.15) is 0 Å². The van der Waals surface area contributed by atoms with Gasteiger partial charge in [-0.05, 0) is 43.7 Å². The molecule has 1 aliphatic carbocycles. The lowest BCUT2D eigenvalue weighted by molar-refractivity contribution is 0.0889. The Hall–Kier alpha value is -1.18. The van der Waals surface area contributed by atoms with Gasteiger partial charge < -0.3 is 0 Å². The van der Waals surface area contributed by atoms with Gasteiger partial charge in [0.25, 0.3) is 0 Å². The van der Waals surface area contributed by atoms with Crippen LogP contribution in [0.15, 0.2) is 12.1 Å². The summed E-state index contributed by atoms with van der Waals surface area (Å²) in [6.07, 6.45) is 8.02. The van der Waals surface area contributed by atoms with Crippen LogP contribution in [-0.2, 0) is 6.42 Å². The number of ketones is 1. The smallest absolute Gasteiger partial charge is 0.167 e. The molecule has 0 aromatic carbocycles. The number of aromatic nitrogens is 1. The number of carbonyl (C=O) groups is 1. The zero-order valence-corrected chi connectivity index (χ0v) is 13.1. The fourth-order valence-electron chi connectivity index (χ4n) is 3.19. The molecule has 1 heterocycles. The summed E-state index contributed by atoms with van der Waals surface area (Å²) < 4.78 is 0. The molecule has 0 N–H and O–H groups in total. The minimum atomic E-state index is 0.203. The molecule has 0 spiro atoms. The number of fused-ring (bicyclic) bond motifs is 1. The average Bonchev–Trinajstić information content (AvgIpc) is 2.47. The lowest BCUT2D eigenvalue weighted by atomic mass is 9.78. The first-order valence-electron chi connectivity index (χ1n) is 8.21. The summed E-state index contributed by atoms with van der Waals surface area (Å²) in [6, 6.07) is 4.09. The van der Waals surface area contributed by atoms with E-state index in [0.717, 1.165) is 36.2 Å². The SMILES string of the molecule is CCCCCCc1ccc2c(n1)[C@@H](C)C[C@H](CC)C2=O. The van der Waals surface area contributed by atoms with Gasteiger partial charge in [0.05, 0.1) is 5.69 Å². The summed E-state index contributed by atoms with van der Waals surface area (Å²) in [5.41, 5.74) is 3.09. The highest BCUT2D eigenvalue weighted by Crippen LogP contribution is 2.34. The van der Waals surface area contributed by atoms with Gasteiger partial charge in [-0.1, -0.05) is 40.0 Å². The van der Waals surface area contributed by atoms with Crippen LogP contribution in [0.4, 0.5) is 0 Å². The van der Waals surface area contributed by atoms with Crippen LogP contribution in [0.25, 0.3) is 0 Å². The Morgan fingerprint density at radius 3 is 2.70 bits per heavy atom. The van der Waals surface area contributed by atoms with Crippen LogP contribution >= 0.6 is 0 Å². The first-order chi connectivity index (χ1) is 9.67. The topological polar surface area (TPSA) is 30.0 Å². The quantitative estimate of drug-likeness (QED) is 0.688. The van der Waals surface area contributed by atoms with E-state index in [1.165, 1.54) is 25.7 Å². The van der Waals surface area contributed by atoms with Crippen molar-refractivity contribution in [1.82, 2.24) is 4.98 Å². The molecule has 20 heavy (non-hydrogen) atoms. The number of hydrogen-bond donors (Lipinski definition) is 0. The third kappa shape index (κ3) is 3.28. The normalized spacial score (nSPS) is 21.9. The molecule has 2 atom stereocenters. The number of unbranched alkanes of at least 4 members (excludes halogenated alkanes) is 3. The fraction of sp³-hybridized carbons (Fsp3) is 0.667. The molecule has 0 amide bonds. The van der Waals surface area contributed by atoms with E-state index in [0.29, 0.717) is 11.7 Å². The van der Waals surface area contributed by atoms with Gasteiger partial charge in [0.2, 0.25) is 0 Å². The number of aryl methyl sites for hydroxylation is 1. The molecule has 2 heteroatoms. The molecule has 0 unspecified atom stereocenters. The lowest BCUT2D eigenvalue weighted by Crippen LogP contribution is -2.25. The highest BCUT2D eigenvalue weighted by molar-refractivity contribution is 6.00. The average molecular weight is 273 g/mol. The summed E-state index contributed by atoms with van der Waals surface area (Å²) in [6.45, 7) is 6.55. The first-order valence-corrected chi connectivity index (χ1v) is 8.21. The van der Waals surface area contributed by atoms with E-state index in [1.54, 1.807) is 0 Å². The van der Waals surface area contributed by atoms with E-state index in [2.05, 4.69) is 26.8 Å². The molecule has 0 radical (unpaired) electrons. The van der Waals surface area contributed by atoms with Crippen LogP contribution in [0.1, 0.15) is 87.0 Å². The van der Waals surface area contributed by atoms with Crippen molar-refractivity contribution in [2.24, 2.45) is 5.92 Å². The molecule has 1 aliphatic rings. The lowest BCUT2D eigenvalue weighted by Gasteiger charge is -2.27. The van der Waals surface area contributed by atoms with Gasteiger partial charge in [0, 0.05) is 17.2 Å². The van der Waals surface area contributed by atoms with Crippen LogP contribution < -0.4 is 0 Å². The van der Waals surface area contributed by atoms with Crippen molar-refractivity contribution in [2.45, 2.75) is 71.6 Å². The summed E-state index contributed by atoms with van der Waals surface area (Å²) in [7, 11) is 0. The molecule has 0 aliphatic heterocycles. The van der Waals surface area contributed by atoms with Crippen molar-refractivity contribution in [1.29, 1.82) is 0 Å². The maximum atomic E-state index is 12.4. The monoisotopic (exact) mass is 273 g/mol. The Bertz CT molecular complexity index is 466. The maximum Gasteiger partial charge on any atom is 0.167 e. The first kappa shape index (κ1) is 15.2. The van der Waals surface area contributed by atoms with E-state index in [9.17, 15) is 4.79 Å². The van der Waals surface area contributed by atoms with Crippen molar-refractivity contribution in [3.63, 3.8) is 0 Å². The summed E-state index contributed by atoms with van der Waals surface area (Å²) >= 11 is 0. The second kappa shape index (κ2) is 7.01. The number of nitrogens with zero attached hydrogens (tertiary/aromatic N) is 1. The molecular weight excluding hydrogens is 246 g/mol. The van der Waals surface area contributed by atoms with Gasteiger partial charge in [-0.15, -0.1) is 0 Å². The molecule has 0 bridgehead atoms. The Kier molecular flexibility index (Phi) is 5.33. The predicted octanol–water partition coefficient (Wildman–Crippen LogP) is 4.92. The molecule has 2 rings (SSSR count). The Labute approximate surface area is 123 Å². The number of pyridine rings is 1. The zero-order valence-electron chi connectivity index (χ0n) is 13.1. The zero-order chi connectivity index (χ0) is 14.5. The van der Waals surface area contributed by atoms with E-state index >= 15 is 0 Å². The van der Waals surface area contributed by atoms with Crippen molar-refractivity contribution in [3.8, 4) is 0 Å². The number of hydrogen-bond acceptors (Lipinski definition) is 2. The number of carbonyl (C=O) groups excluding carboxylic acids is 1. The molecule has 0 saturated carbocycles. The third-order valence-corrected chi connectivity index (χ3v) is 4.50. The highest BCUT2D eigenvalue weighted by atomic mass is 16.1. The van der Waals surface area contributed by atoms with Gasteiger partial charge in [-0.25, -0.2) is 0 Å². The second-order valence-corrected chi connectivity index (χ2v) is 6.15. The van der Waals surface area contributed by atoms with Crippen molar-refractivity contribution in [2.75, 3.05) is 0 Å². The van der Waals surface area contributed by atoms with Crippen LogP contribution in [0.5, 0.6) is 0 Å². The number of rotatable bonds is 6. The summed E-state index contributed by atoms with van der Waals surface area (Å²) in [5, 5.41) is 0. The molecule has 110 valence electrons. The molecule has 0 saturated heterocycles. The second-order valence-electron chi connectivity index (χ2n) is 6.15. The minimum absolute atomic E-state index is 0.203. The van der Waals surface area contributed by atoms with Gasteiger partial charge in [0.15, 0.2) is 5.78 Å². The largest absolute Gasteiger partial charge is 0.294 e. The standard InChI is InChI=1S/C18H27NO/c1-4-6-7-8-9-15-10-11-16-17(19-15)13(3)12-14(5-2)18(16)20/h10-11,13-14H,4-9,12H2,1-3H3/t13-,14-/m0/s1.